The molecule has 2 aromatic heterocycles. The lowest BCUT2D eigenvalue weighted by Gasteiger charge is -2.15. The molecule has 0 atom stereocenters. The molecule has 0 aliphatic carbocycles. The molecule has 0 spiro atoms. The van der Waals surface area contributed by atoms with Crippen molar-refractivity contribution >= 4 is 23.3 Å². The maximum absolute atomic E-state index is 12.5. The summed E-state index contributed by atoms with van der Waals surface area (Å²) in [6.45, 7) is 6.63. The van der Waals surface area contributed by atoms with Crippen LogP contribution in [0.5, 0.6) is 0 Å². The van der Waals surface area contributed by atoms with Crippen LogP contribution in [0.1, 0.15) is 27.4 Å². The largest absolute Gasteiger partial charge is 0.338 e. The maximum Gasteiger partial charge on any atom is 0.246 e. The monoisotopic (exact) mass is 365 g/mol. The molecule has 0 saturated heterocycles. The molecule has 3 aromatic rings. The topological polar surface area (TPSA) is 38.1 Å². The Kier molecular flexibility index (Phi) is 5.38. The van der Waals surface area contributed by atoms with Gasteiger partial charge in [0, 0.05) is 35.8 Å². The van der Waals surface area contributed by atoms with Gasteiger partial charge in [-0.25, -0.2) is 4.68 Å². The minimum Gasteiger partial charge on any atom is -0.338 e. The number of hydrogen-bond donors (Lipinski definition) is 0. The van der Waals surface area contributed by atoms with Crippen LogP contribution in [0.15, 0.2) is 47.9 Å². The first-order valence-electron chi connectivity index (χ1n) is 8.55. The molecule has 1 aromatic carbocycles. The van der Waals surface area contributed by atoms with Crippen molar-refractivity contribution in [2.24, 2.45) is 0 Å². The smallest absolute Gasteiger partial charge is 0.246 e. The van der Waals surface area contributed by atoms with Gasteiger partial charge in [0.25, 0.3) is 0 Å². The molecule has 2 heterocycles. The van der Waals surface area contributed by atoms with Crippen molar-refractivity contribution in [3.05, 3.63) is 75.2 Å². The van der Waals surface area contributed by atoms with Gasteiger partial charge in [-0.05, 0) is 56.0 Å². The van der Waals surface area contributed by atoms with Crippen molar-refractivity contribution in [1.82, 2.24) is 14.7 Å². The van der Waals surface area contributed by atoms with Crippen LogP contribution in [0.25, 0.3) is 11.8 Å². The second-order valence-corrected chi connectivity index (χ2v) is 7.34. The number of amides is 1. The van der Waals surface area contributed by atoms with E-state index >= 15 is 0 Å². The quantitative estimate of drug-likeness (QED) is 0.623. The Balaban J connectivity index is 1.76. The predicted molar refractivity (Wildman–Crippen MR) is 108 cm³/mol. The van der Waals surface area contributed by atoms with E-state index in [1.165, 1.54) is 5.56 Å². The van der Waals surface area contributed by atoms with E-state index in [0.29, 0.717) is 6.54 Å². The van der Waals surface area contributed by atoms with Gasteiger partial charge >= 0.3 is 0 Å². The molecule has 0 N–H and O–H groups in total. The molecular weight excluding hydrogens is 342 g/mol. The van der Waals surface area contributed by atoms with Crippen LogP contribution >= 0.6 is 11.3 Å². The van der Waals surface area contributed by atoms with Gasteiger partial charge in [0.1, 0.15) is 0 Å². The molecule has 0 unspecified atom stereocenters. The molecule has 0 radical (unpaired) electrons. The number of rotatable bonds is 5. The Morgan fingerprint density at radius 2 is 1.92 bits per heavy atom. The summed E-state index contributed by atoms with van der Waals surface area (Å²) in [7, 11) is 1.83. The summed E-state index contributed by atoms with van der Waals surface area (Å²) in [6, 6.07) is 12.1. The Morgan fingerprint density at radius 1 is 1.19 bits per heavy atom. The SMILES string of the molecule is Cc1ccsc1/C=C/C(=O)N(C)Cc1c(C)nn(-c2ccccc2)c1C. The molecule has 0 fully saturated rings. The lowest BCUT2D eigenvalue weighted by Crippen LogP contribution is -2.24. The average Bonchev–Trinajstić information content (AvgIpc) is 3.18. The fourth-order valence-corrected chi connectivity index (χ4v) is 3.69. The van der Waals surface area contributed by atoms with Crippen molar-refractivity contribution in [1.29, 1.82) is 0 Å². The molecule has 1 amide bonds. The summed E-state index contributed by atoms with van der Waals surface area (Å²) in [5.41, 5.74) is 5.32. The van der Waals surface area contributed by atoms with E-state index < -0.39 is 0 Å². The molecule has 0 aliphatic heterocycles. The minimum absolute atomic E-state index is 0.0101. The third-order valence-electron chi connectivity index (χ3n) is 4.49. The minimum atomic E-state index is -0.0101. The highest BCUT2D eigenvalue weighted by molar-refractivity contribution is 7.11. The highest BCUT2D eigenvalue weighted by Crippen LogP contribution is 2.20. The van der Waals surface area contributed by atoms with E-state index in [9.17, 15) is 4.79 Å². The molecule has 0 bridgehead atoms. The van der Waals surface area contributed by atoms with Gasteiger partial charge in [-0.1, -0.05) is 18.2 Å². The standard InChI is InChI=1S/C21H23N3OS/c1-15-12-13-26-20(15)10-11-21(25)23(4)14-19-16(2)22-24(17(19)3)18-8-6-5-7-9-18/h5-13H,14H2,1-4H3/b11-10+. The lowest BCUT2D eigenvalue weighted by atomic mass is 10.2. The van der Waals surface area contributed by atoms with Gasteiger partial charge in [0.2, 0.25) is 5.91 Å². The summed E-state index contributed by atoms with van der Waals surface area (Å²) >= 11 is 1.64. The van der Waals surface area contributed by atoms with E-state index in [2.05, 4.69) is 18.1 Å². The maximum atomic E-state index is 12.5. The fourth-order valence-electron chi connectivity index (χ4n) is 2.87. The van der Waals surface area contributed by atoms with Crippen LogP contribution in [-0.4, -0.2) is 27.6 Å². The number of para-hydroxylation sites is 1. The van der Waals surface area contributed by atoms with Crippen LogP contribution < -0.4 is 0 Å². The van der Waals surface area contributed by atoms with Gasteiger partial charge in [-0.15, -0.1) is 11.3 Å². The summed E-state index contributed by atoms with van der Waals surface area (Å²) in [5.74, 6) is -0.0101. The summed E-state index contributed by atoms with van der Waals surface area (Å²) < 4.78 is 1.94. The van der Waals surface area contributed by atoms with Crippen molar-refractivity contribution in [3.8, 4) is 5.69 Å². The molecule has 0 aliphatic rings. The van der Waals surface area contributed by atoms with Crippen LogP contribution in [0.2, 0.25) is 0 Å². The number of hydrogen-bond acceptors (Lipinski definition) is 3. The molecule has 134 valence electrons. The Morgan fingerprint density at radius 3 is 2.58 bits per heavy atom. The first-order valence-corrected chi connectivity index (χ1v) is 9.43. The third-order valence-corrected chi connectivity index (χ3v) is 5.48. The number of thiophene rings is 1. The Bertz CT molecular complexity index is 938. The average molecular weight is 366 g/mol. The van der Waals surface area contributed by atoms with Gasteiger partial charge in [0.15, 0.2) is 0 Å². The zero-order valence-electron chi connectivity index (χ0n) is 15.6. The first-order chi connectivity index (χ1) is 12.5. The molecule has 4 nitrogen and oxygen atoms in total. The van der Waals surface area contributed by atoms with Crippen LogP contribution in [0, 0.1) is 20.8 Å². The molecular formula is C21H23N3OS. The van der Waals surface area contributed by atoms with E-state index in [4.69, 9.17) is 0 Å². The number of benzene rings is 1. The predicted octanol–water partition coefficient (Wildman–Crippen LogP) is 4.53. The first kappa shape index (κ1) is 18.1. The molecule has 26 heavy (non-hydrogen) atoms. The molecule has 0 saturated carbocycles. The van der Waals surface area contributed by atoms with Gasteiger partial charge in [-0.2, -0.15) is 5.10 Å². The summed E-state index contributed by atoms with van der Waals surface area (Å²) in [6.07, 6.45) is 3.54. The zero-order chi connectivity index (χ0) is 18.7. The summed E-state index contributed by atoms with van der Waals surface area (Å²) in [4.78, 5) is 15.3. The van der Waals surface area contributed by atoms with Crippen LogP contribution in [0.3, 0.4) is 0 Å². The zero-order valence-corrected chi connectivity index (χ0v) is 16.4. The molecule has 5 heteroatoms. The van der Waals surface area contributed by atoms with E-state index in [1.54, 1.807) is 22.3 Å². The number of carbonyl (C=O) groups is 1. The number of nitrogens with zero attached hydrogens (tertiary/aromatic N) is 3. The Hall–Kier alpha value is -2.66. The number of aryl methyl sites for hydroxylation is 2. The van der Waals surface area contributed by atoms with Gasteiger partial charge in [0.05, 0.1) is 11.4 Å². The molecule has 3 rings (SSSR count). The number of aromatic nitrogens is 2. The van der Waals surface area contributed by atoms with Crippen molar-refractivity contribution in [3.63, 3.8) is 0 Å². The van der Waals surface area contributed by atoms with Crippen LogP contribution in [-0.2, 0) is 11.3 Å². The van der Waals surface area contributed by atoms with Crippen molar-refractivity contribution in [2.45, 2.75) is 27.3 Å². The Labute approximate surface area is 158 Å². The lowest BCUT2D eigenvalue weighted by molar-refractivity contribution is -0.125. The second-order valence-electron chi connectivity index (χ2n) is 6.39. The van der Waals surface area contributed by atoms with Crippen LogP contribution in [0.4, 0.5) is 0 Å². The normalized spacial score (nSPS) is 11.2. The van der Waals surface area contributed by atoms with E-state index in [-0.39, 0.29) is 5.91 Å². The highest BCUT2D eigenvalue weighted by atomic mass is 32.1. The van der Waals surface area contributed by atoms with Crippen molar-refractivity contribution in [2.75, 3.05) is 7.05 Å². The van der Waals surface area contributed by atoms with E-state index in [0.717, 1.165) is 27.5 Å². The van der Waals surface area contributed by atoms with E-state index in [1.807, 2.05) is 67.4 Å². The van der Waals surface area contributed by atoms with Crippen molar-refractivity contribution < 1.29 is 4.79 Å². The second kappa shape index (κ2) is 7.70. The van der Waals surface area contributed by atoms with Gasteiger partial charge < -0.3 is 4.90 Å². The summed E-state index contributed by atoms with van der Waals surface area (Å²) in [5, 5.41) is 6.69. The third kappa shape index (κ3) is 3.78. The number of likely N-dealkylation sites (N-methyl/N-ethyl adjacent to an activating group) is 1. The highest BCUT2D eigenvalue weighted by Gasteiger charge is 2.16. The number of carbonyl (C=O) groups excluding carboxylic acids is 1. The van der Waals surface area contributed by atoms with Gasteiger partial charge in [-0.3, -0.25) is 4.79 Å². The fraction of sp³-hybridized carbons (Fsp3) is 0.238.